The lowest BCUT2D eigenvalue weighted by molar-refractivity contribution is 0.247. The van der Waals surface area contributed by atoms with Gasteiger partial charge in [0.1, 0.15) is 0 Å². The molecule has 6 nitrogen and oxygen atoms in total. The van der Waals surface area contributed by atoms with Crippen molar-refractivity contribution in [1.82, 2.24) is 15.5 Å². The Morgan fingerprint density at radius 3 is 2.50 bits per heavy atom. The molecule has 1 atom stereocenters. The molecule has 148 valence electrons. The molecule has 0 bridgehead atoms. The Morgan fingerprint density at radius 1 is 1.23 bits per heavy atom. The van der Waals surface area contributed by atoms with Gasteiger partial charge in [0.15, 0.2) is 17.5 Å². The lowest BCUT2D eigenvalue weighted by Crippen LogP contribution is -2.45. The fourth-order valence-corrected chi connectivity index (χ4v) is 2.72. The van der Waals surface area contributed by atoms with Gasteiger partial charge in [-0.05, 0) is 51.4 Å². The standard InChI is InChI=1S/C19H32N4O2.HI/c1-6-20-19(21-12-14(2)23(3)16-8-9-16)22-13-15-7-10-17(24-4)18(11-15)25-5;/h7,10-11,14,16H,6,8-9,12-13H2,1-5H3,(H2,20,21,22);1H. The van der Waals surface area contributed by atoms with E-state index in [4.69, 9.17) is 9.47 Å². The van der Waals surface area contributed by atoms with Crippen LogP contribution in [0.1, 0.15) is 32.3 Å². The van der Waals surface area contributed by atoms with Gasteiger partial charge in [-0.15, -0.1) is 24.0 Å². The van der Waals surface area contributed by atoms with E-state index in [0.717, 1.165) is 42.2 Å². The molecule has 1 aliphatic carbocycles. The van der Waals surface area contributed by atoms with Crippen LogP contribution in [-0.2, 0) is 6.54 Å². The maximum atomic E-state index is 5.35. The third-order valence-corrected chi connectivity index (χ3v) is 4.59. The molecule has 1 saturated carbocycles. The van der Waals surface area contributed by atoms with Crippen LogP contribution in [0.2, 0.25) is 0 Å². The second-order valence-electron chi connectivity index (χ2n) is 6.51. The Morgan fingerprint density at radius 2 is 1.92 bits per heavy atom. The van der Waals surface area contributed by atoms with Gasteiger partial charge in [0.25, 0.3) is 0 Å². The van der Waals surface area contributed by atoms with E-state index in [9.17, 15) is 0 Å². The first-order valence-corrected chi connectivity index (χ1v) is 9.04. The van der Waals surface area contributed by atoms with Crippen molar-refractivity contribution in [1.29, 1.82) is 0 Å². The van der Waals surface area contributed by atoms with Crippen LogP contribution in [0.15, 0.2) is 23.2 Å². The fraction of sp³-hybridized carbons (Fsp3) is 0.632. The minimum Gasteiger partial charge on any atom is -0.493 e. The van der Waals surface area contributed by atoms with Crippen LogP contribution in [0.4, 0.5) is 0 Å². The van der Waals surface area contributed by atoms with Crippen molar-refractivity contribution in [3.05, 3.63) is 23.8 Å². The third-order valence-electron chi connectivity index (χ3n) is 4.59. The molecule has 1 aromatic carbocycles. The van der Waals surface area contributed by atoms with Crippen molar-refractivity contribution in [2.24, 2.45) is 4.99 Å². The molecule has 7 heteroatoms. The zero-order chi connectivity index (χ0) is 18.2. The lowest BCUT2D eigenvalue weighted by atomic mass is 10.2. The lowest BCUT2D eigenvalue weighted by Gasteiger charge is -2.25. The second kappa shape index (κ2) is 11.5. The highest BCUT2D eigenvalue weighted by Crippen LogP contribution is 2.28. The SMILES string of the molecule is CCNC(=NCc1ccc(OC)c(OC)c1)NCC(C)N(C)C1CC1.I. The summed E-state index contributed by atoms with van der Waals surface area (Å²) in [5, 5.41) is 6.75. The van der Waals surface area contributed by atoms with E-state index >= 15 is 0 Å². The van der Waals surface area contributed by atoms with Crippen molar-refractivity contribution in [2.75, 3.05) is 34.4 Å². The van der Waals surface area contributed by atoms with Crippen LogP contribution in [0, 0.1) is 0 Å². The maximum Gasteiger partial charge on any atom is 0.191 e. The van der Waals surface area contributed by atoms with E-state index < -0.39 is 0 Å². The van der Waals surface area contributed by atoms with E-state index in [1.165, 1.54) is 12.8 Å². The van der Waals surface area contributed by atoms with Crippen LogP contribution in [0.5, 0.6) is 11.5 Å². The van der Waals surface area contributed by atoms with Crippen LogP contribution in [0.3, 0.4) is 0 Å². The van der Waals surface area contributed by atoms with Crippen LogP contribution in [-0.4, -0.2) is 57.3 Å². The summed E-state index contributed by atoms with van der Waals surface area (Å²) in [4.78, 5) is 7.14. The highest BCUT2D eigenvalue weighted by molar-refractivity contribution is 14.0. The molecule has 1 fully saturated rings. The Balaban J connectivity index is 0.00000338. The van der Waals surface area contributed by atoms with Gasteiger partial charge in [0, 0.05) is 25.2 Å². The smallest absolute Gasteiger partial charge is 0.191 e. The van der Waals surface area contributed by atoms with Gasteiger partial charge in [-0.25, -0.2) is 4.99 Å². The van der Waals surface area contributed by atoms with Crippen molar-refractivity contribution in [3.8, 4) is 11.5 Å². The average Bonchev–Trinajstić information content (AvgIpc) is 3.47. The van der Waals surface area contributed by atoms with Crippen molar-refractivity contribution in [3.63, 3.8) is 0 Å². The predicted octanol–water partition coefficient (Wildman–Crippen LogP) is 2.86. The number of nitrogens with one attached hydrogen (secondary N) is 2. The van der Waals surface area contributed by atoms with Gasteiger partial charge < -0.3 is 20.1 Å². The fourth-order valence-electron chi connectivity index (χ4n) is 2.72. The highest BCUT2D eigenvalue weighted by atomic mass is 127. The molecule has 0 radical (unpaired) electrons. The summed E-state index contributed by atoms with van der Waals surface area (Å²) < 4.78 is 10.6. The normalized spacial score (nSPS) is 15.2. The van der Waals surface area contributed by atoms with Crippen LogP contribution in [0.25, 0.3) is 0 Å². The molecule has 26 heavy (non-hydrogen) atoms. The van der Waals surface area contributed by atoms with Crippen molar-refractivity contribution < 1.29 is 9.47 Å². The number of nitrogens with zero attached hydrogens (tertiary/aromatic N) is 2. The molecule has 0 heterocycles. The summed E-state index contributed by atoms with van der Waals surface area (Å²) >= 11 is 0. The zero-order valence-electron chi connectivity index (χ0n) is 16.5. The molecule has 0 saturated heterocycles. The molecule has 2 rings (SSSR count). The first-order valence-electron chi connectivity index (χ1n) is 9.04. The van der Waals surface area contributed by atoms with Crippen molar-refractivity contribution in [2.45, 2.75) is 45.3 Å². The van der Waals surface area contributed by atoms with Gasteiger partial charge in [-0.3, -0.25) is 4.90 Å². The molecular formula is C19H33IN4O2. The number of hydrogen-bond acceptors (Lipinski definition) is 4. The highest BCUT2D eigenvalue weighted by Gasteiger charge is 2.28. The third kappa shape index (κ3) is 6.83. The first-order chi connectivity index (χ1) is 12.1. The predicted molar refractivity (Wildman–Crippen MR) is 118 cm³/mol. The van der Waals surface area contributed by atoms with Gasteiger partial charge in [0.2, 0.25) is 0 Å². The van der Waals surface area contributed by atoms with E-state index in [1.807, 2.05) is 18.2 Å². The van der Waals surface area contributed by atoms with Gasteiger partial charge in [0.05, 0.1) is 20.8 Å². The summed E-state index contributed by atoms with van der Waals surface area (Å²) in [5.41, 5.74) is 1.08. The molecule has 0 spiro atoms. The number of rotatable bonds is 9. The molecule has 1 aromatic rings. The van der Waals surface area contributed by atoms with Crippen LogP contribution < -0.4 is 20.1 Å². The number of ether oxygens (including phenoxy) is 2. The number of methoxy groups -OCH3 is 2. The first kappa shape index (κ1) is 22.8. The summed E-state index contributed by atoms with van der Waals surface area (Å²) in [5.74, 6) is 2.30. The van der Waals surface area contributed by atoms with E-state index in [0.29, 0.717) is 12.6 Å². The molecule has 2 N–H and O–H groups in total. The molecule has 0 amide bonds. The quantitative estimate of drug-likeness (QED) is 0.326. The monoisotopic (exact) mass is 476 g/mol. The minimum atomic E-state index is 0. The number of aliphatic imine (C=N–C) groups is 1. The molecule has 0 aliphatic heterocycles. The average molecular weight is 476 g/mol. The van der Waals surface area contributed by atoms with Gasteiger partial charge in [-0.1, -0.05) is 6.07 Å². The Labute approximate surface area is 174 Å². The Kier molecular flexibility index (Phi) is 10.1. The number of benzene rings is 1. The van der Waals surface area contributed by atoms with E-state index in [1.54, 1.807) is 14.2 Å². The summed E-state index contributed by atoms with van der Waals surface area (Å²) in [6, 6.07) is 7.14. The zero-order valence-corrected chi connectivity index (χ0v) is 18.9. The molecule has 1 unspecified atom stereocenters. The molecule has 0 aromatic heterocycles. The molecule has 1 aliphatic rings. The largest absolute Gasteiger partial charge is 0.493 e. The van der Waals surface area contributed by atoms with Crippen LogP contribution >= 0.6 is 24.0 Å². The number of halogens is 1. The molecular weight excluding hydrogens is 443 g/mol. The van der Waals surface area contributed by atoms with E-state index in [-0.39, 0.29) is 24.0 Å². The van der Waals surface area contributed by atoms with Crippen molar-refractivity contribution >= 4 is 29.9 Å². The summed E-state index contributed by atoms with van der Waals surface area (Å²) in [7, 11) is 5.49. The topological polar surface area (TPSA) is 58.1 Å². The Hall–Kier alpha value is -1.22. The van der Waals surface area contributed by atoms with Gasteiger partial charge in [-0.2, -0.15) is 0 Å². The second-order valence-corrected chi connectivity index (χ2v) is 6.51. The minimum absolute atomic E-state index is 0. The number of hydrogen-bond donors (Lipinski definition) is 2. The Bertz CT molecular complexity index is 579. The maximum absolute atomic E-state index is 5.35. The van der Waals surface area contributed by atoms with Gasteiger partial charge >= 0.3 is 0 Å². The number of likely N-dealkylation sites (N-methyl/N-ethyl adjacent to an activating group) is 1. The van der Waals surface area contributed by atoms with E-state index in [2.05, 4.69) is 41.4 Å². The number of guanidine groups is 1. The summed E-state index contributed by atoms with van der Waals surface area (Å²) in [6.07, 6.45) is 2.66. The summed E-state index contributed by atoms with van der Waals surface area (Å²) in [6.45, 7) is 6.63.